The van der Waals surface area contributed by atoms with Crippen LogP contribution in [0.1, 0.15) is 22.3 Å². The molecule has 2 aromatic carbocycles. The molecule has 0 amide bonds. The molecule has 0 saturated carbocycles. The Bertz CT molecular complexity index is 927. The molecular formula is C18H13ClFN3O2S. The van der Waals surface area contributed by atoms with Crippen molar-refractivity contribution in [3.05, 3.63) is 91.2 Å². The van der Waals surface area contributed by atoms with Gasteiger partial charge in [0.15, 0.2) is 0 Å². The fraction of sp³-hybridized carbons (Fsp3) is 0.167. The first kappa shape index (κ1) is 18.2. The second-order valence-corrected chi connectivity index (χ2v) is 7.35. The number of thioether (sulfide) groups is 1. The van der Waals surface area contributed by atoms with Crippen LogP contribution in [-0.4, -0.2) is 11.0 Å². The molecule has 0 bridgehead atoms. The predicted molar refractivity (Wildman–Crippen MR) is 98.5 cm³/mol. The van der Waals surface area contributed by atoms with E-state index >= 15 is 0 Å². The van der Waals surface area contributed by atoms with Crippen LogP contribution in [-0.2, 0) is 0 Å². The van der Waals surface area contributed by atoms with Crippen LogP contribution < -0.4 is 5.73 Å². The maximum Gasteiger partial charge on any atom is 0.240 e. The van der Waals surface area contributed by atoms with Crippen LogP contribution in [0.2, 0.25) is 5.02 Å². The zero-order valence-corrected chi connectivity index (χ0v) is 14.9. The third-order valence-electron chi connectivity index (χ3n) is 4.28. The molecule has 1 heterocycles. The first-order valence-electron chi connectivity index (χ1n) is 7.63. The highest BCUT2D eigenvalue weighted by Crippen LogP contribution is 2.51. The van der Waals surface area contributed by atoms with Gasteiger partial charge in [0.05, 0.1) is 22.6 Å². The summed E-state index contributed by atoms with van der Waals surface area (Å²) in [4.78, 5) is 11.6. The fourth-order valence-electron chi connectivity index (χ4n) is 3.11. The van der Waals surface area contributed by atoms with Crippen molar-refractivity contribution < 1.29 is 9.31 Å². The summed E-state index contributed by atoms with van der Waals surface area (Å²) in [5, 5.41) is 21.4. The first-order chi connectivity index (χ1) is 12.4. The summed E-state index contributed by atoms with van der Waals surface area (Å²) in [5.41, 5.74) is 7.24. The lowest BCUT2D eigenvalue weighted by Crippen LogP contribution is -2.37. The number of nitriles is 1. The summed E-state index contributed by atoms with van der Waals surface area (Å²) in [5.74, 6) is -1.32. The Hall–Kier alpha value is -2.56. The third kappa shape index (κ3) is 3.26. The van der Waals surface area contributed by atoms with Gasteiger partial charge in [0.2, 0.25) is 6.04 Å². The van der Waals surface area contributed by atoms with Gasteiger partial charge in [0, 0.05) is 9.95 Å². The van der Waals surface area contributed by atoms with Crippen molar-refractivity contribution in [2.45, 2.75) is 17.2 Å². The van der Waals surface area contributed by atoms with E-state index < -0.39 is 28.0 Å². The zero-order chi connectivity index (χ0) is 18.8. The summed E-state index contributed by atoms with van der Waals surface area (Å²) in [6.07, 6.45) is 0. The van der Waals surface area contributed by atoms with Crippen LogP contribution in [0.5, 0.6) is 0 Å². The van der Waals surface area contributed by atoms with Crippen molar-refractivity contribution in [2.24, 2.45) is 5.73 Å². The van der Waals surface area contributed by atoms with Crippen molar-refractivity contribution in [2.75, 3.05) is 0 Å². The van der Waals surface area contributed by atoms with E-state index in [0.717, 1.165) is 11.8 Å². The van der Waals surface area contributed by atoms with Crippen LogP contribution in [0, 0.1) is 27.3 Å². The molecule has 0 unspecified atom stereocenters. The van der Waals surface area contributed by atoms with E-state index in [1.807, 2.05) is 6.07 Å². The van der Waals surface area contributed by atoms with Gasteiger partial charge in [-0.25, -0.2) is 4.39 Å². The quantitative estimate of drug-likeness (QED) is 0.620. The van der Waals surface area contributed by atoms with Gasteiger partial charge in [0.1, 0.15) is 11.1 Å². The van der Waals surface area contributed by atoms with Gasteiger partial charge < -0.3 is 5.73 Å². The van der Waals surface area contributed by atoms with E-state index in [2.05, 4.69) is 0 Å². The normalized spacial score (nSPS) is 22.7. The van der Waals surface area contributed by atoms with E-state index in [0.29, 0.717) is 16.1 Å². The average molecular weight is 390 g/mol. The first-order valence-corrected chi connectivity index (χ1v) is 8.89. The highest BCUT2D eigenvalue weighted by Gasteiger charge is 2.48. The number of nitrogens with zero attached hydrogens (tertiary/aromatic N) is 2. The monoisotopic (exact) mass is 389 g/mol. The van der Waals surface area contributed by atoms with E-state index in [4.69, 9.17) is 17.3 Å². The molecule has 3 rings (SSSR count). The van der Waals surface area contributed by atoms with Crippen LogP contribution in [0.3, 0.4) is 0 Å². The van der Waals surface area contributed by atoms with Gasteiger partial charge in [-0.2, -0.15) is 5.26 Å². The summed E-state index contributed by atoms with van der Waals surface area (Å²) < 4.78 is 13.3. The minimum atomic E-state index is -1.17. The Balaban J connectivity index is 2.20. The van der Waals surface area contributed by atoms with Gasteiger partial charge in [0.25, 0.3) is 0 Å². The average Bonchev–Trinajstić information content (AvgIpc) is 2.61. The van der Waals surface area contributed by atoms with E-state index in [-0.39, 0.29) is 10.6 Å². The molecule has 0 fully saturated rings. The van der Waals surface area contributed by atoms with Gasteiger partial charge in [-0.05, 0) is 29.3 Å². The molecule has 0 radical (unpaired) electrons. The van der Waals surface area contributed by atoms with E-state index in [1.165, 1.54) is 24.3 Å². The second-order valence-electron chi connectivity index (χ2n) is 5.75. The maximum absolute atomic E-state index is 13.3. The Kier molecular flexibility index (Phi) is 5.16. The molecule has 1 aliphatic rings. The van der Waals surface area contributed by atoms with Gasteiger partial charge in [-0.15, -0.1) is 0 Å². The van der Waals surface area contributed by atoms with Gasteiger partial charge >= 0.3 is 0 Å². The van der Waals surface area contributed by atoms with Crippen molar-refractivity contribution in [3.63, 3.8) is 0 Å². The summed E-state index contributed by atoms with van der Waals surface area (Å²) in [6, 6.07) is 13.0. The maximum atomic E-state index is 13.3. The van der Waals surface area contributed by atoms with Crippen LogP contribution in [0.15, 0.2) is 59.1 Å². The number of rotatable bonds is 3. The number of hydrogen-bond donors (Lipinski definition) is 1. The third-order valence-corrected chi connectivity index (χ3v) is 5.91. The lowest BCUT2D eigenvalue weighted by atomic mass is 9.82. The fourth-order valence-corrected chi connectivity index (χ4v) is 4.63. The number of nitrogens with two attached hydrogens (primary N) is 1. The Morgan fingerprint density at radius 3 is 2.46 bits per heavy atom. The number of benzene rings is 2. The molecule has 26 heavy (non-hydrogen) atoms. The molecule has 0 spiro atoms. The Labute approximate surface area is 158 Å². The molecule has 0 aliphatic carbocycles. The Morgan fingerprint density at radius 1 is 1.23 bits per heavy atom. The Morgan fingerprint density at radius 2 is 1.88 bits per heavy atom. The standard InChI is InChI=1S/C18H13ClFN3O2S/c19-14-4-2-1-3-12(14)15-13(9-21)18(22)26-17(16(15)23(24)25)10-5-7-11(20)8-6-10/h1-8,15-17H,22H2/t15-,16-,17+/m0/s1. The van der Waals surface area contributed by atoms with E-state index in [9.17, 15) is 19.8 Å². The molecule has 0 saturated heterocycles. The van der Waals surface area contributed by atoms with Crippen molar-refractivity contribution in [1.29, 1.82) is 5.26 Å². The molecule has 0 aromatic heterocycles. The topological polar surface area (TPSA) is 93.0 Å². The van der Waals surface area contributed by atoms with Crippen molar-refractivity contribution in [1.82, 2.24) is 0 Å². The summed E-state index contributed by atoms with van der Waals surface area (Å²) in [6.45, 7) is 0. The molecule has 3 atom stereocenters. The number of hydrogen-bond acceptors (Lipinski definition) is 5. The minimum Gasteiger partial charge on any atom is -0.393 e. The molecule has 2 N–H and O–H groups in total. The van der Waals surface area contributed by atoms with Gasteiger partial charge in [-0.3, -0.25) is 10.1 Å². The van der Waals surface area contributed by atoms with Gasteiger partial charge in [-0.1, -0.05) is 53.7 Å². The second kappa shape index (κ2) is 7.36. The van der Waals surface area contributed by atoms with Crippen molar-refractivity contribution >= 4 is 23.4 Å². The minimum absolute atomic E-state index is 0.128. The van der Waals surface area contributed by atoms with Crippen LogP contribution >= 0.6 is 23.4 Å². The largest absolute Gasteiger partial charge is 0.393 e. The molecule has 132 valence electrons. The highest BCUT2D eigenvalue weighted by molar-refractivity contribution is 8.03. The molecule has 2 aromatic rings. The smallest absolute Gasteiger partial charge is 0.240 e. The summed E-state index contributed by atoms with van der Waals surface area (Å²) in [7, 11) is 0. The lowest BCUT2D eigenvalue weighted by molar-refractivity contribution is -0.525. The molecule has 8 heteroatoms. The van der Waals surface area contributed by atoms with Crippen LogP contribution in [0.4, 0.5) is 4.39 Å². The van der Waals surface area contributed by atoms with Crippen molar-refractivity contribution in [3.8, 4) is 6.07 Å². The number of nitro groups is 1. The lowest BCUT2D eigenvalue weighted by Gasteiger charge is -2.32. The zero-order valence-electron chi connectivity index (χ0n) is 13.3. The SMILES string of the molecule is N#CC1=C(N)S[C@H](c2ccc(F)cc2)[C@@H]([N+](=O)[O-])[C@H]1c1ccccc1Cl. The molecule has 5 nitrogen and oxygen atoms in total. The van der Waals surface area contributed by atoms with Crippen LogP contribution in [0.25, 0.3) is 0 Å². The predicted octanol–water partition coefficient (Wildman–Crippen LogP) is 4.39. The molecule has 1 aliphatic heterocycles. The molecular weight excluding hydrogens is 377 g/mol. The number of halogens is 2. The highest BCUT2D eigenvalue weighted by atomic mass is 35.5. The summed E-state index contributed by atoms with van der Waals surface area (Å²) >= 11 is 7.31. The van der Waals surface area contributed by atoms with E-state index in [1.54, 1.807) is 24.3 Å².